The SMILES string of the molecule is C=CCN1C(=O)/C(=C\c2ccc(-c3ccc(C(=O)O)cc3C)o2)C(=O)NC1=S. The van der Waals surface area contributed by atoms with Crippen molar-refractivity contribution in [3.8, 4) is 11.3 Å². The summed E-state index contributed by atoms with van der Waals surface area (Å²) in [5.74, 6) is -1.35. The van der Waals surface area contributed by atoms with E-state index in [4.69, 9.17) is 21.7 Å². The zero-order chi connectivity index (χ0) is 20.4. The lowest BCUT2D eigenvalue weighted by Crippen LogP contribution is -2.53. The van der Waals surface area contributed by atoms with Crippen LogP contribution in [0.4, 0.5) is 0 Å². The van der Waals surface area contributed by atoms with E-state index in [0.29, 0.717) is 17.1 Å². The Labute approximate surface area is 165 Å². The summed E-state index contributed by atoms with van der Waals surface area (Å²) >= 11 is 5.01. The molecule has 0 saturated carbocycles. The van der Waals surface area contributed by atoms with E-state index in [0.717, 1.165) is 5.56 Å². The van der Waals surface area contributed by atoms with E-state index >= 15 is 0 Å². The van der Waals surface area contributed by atoms with Crippen molar-refractivity contribution < 1.29 is 23.9 Å². The fourth-order valence-corrected chi connectivity index (χ4v) is 3.03. The number of nitrogens with zero attached hydrogens (tertiary/aromatic N) is 1. The van der Waals surface area contributed by atoms with Crippen LogP contribution in [0.5, 0.6) is 0 Å². The Kier molecular flexibility index (Phi) is 5.23. The van der Waals surface area contributed by atoms with Crippen molar-refractivity contribution in [2.24, 2.45) is 0 Å². The number of benzene rings is 1. The maximum absolute atomic E-state index is 12.5. The second-order valence-corrected chi connectivity index (χ2v) is 6.45. The summed E-state index contributed by atoms with van der Waals surface area (Å²) < 4.78 is 5.74. The lowest BCUT2D eigenvalue weighted by atomic mass is 10.0. The molecular formula is C20H16N2O5S. The quantitative estimate of drug-likeness (QED) is 0.349. The number of nitrogens with one attached hydrogen (secondary N) is 1. The highest BCUT2D eigenvalue weighted by Crippen LogP contribution is 2.27. The zero-order valence-corrected chi connectivity index (χ0v) is 15.7. The van der Waals surface area contributed by atoms with Crippen LogP contribution in [-0.4, -0.2) is 39.4 Å². The van der Waals surface area contributed by atoms with Crippen molar-refractivity contribution in [1.82, 2.24) is 10.2 Å². The number of aromatic carboxylic acids is 1. The van der Waals surface area contributed by atoms with E-state index in [1.54, 1.807) is 31.2 Å². The molecule has 0 aliphatic carbocycles. The van der Waals surface area contributed by atoms with Gasteiger partial charge in [-0.3, -0.25) is 19.8 Å². The molecule has 2 heterocycles. The zero-order valence-electron chi connectivity index (χ0n) is 14.9. The summed E-state index contributed by atoms with van der Waals surface area (Å²) in [5, 5.41) is 11.6. The smallest absolute Gasteiger partial charge is 0.335 e. The second kappa shape index (κ2) is 7.61. The van der Waals surface area contributed by atoms with E-state index in [9.17, 15) is 14.4 Å². The first kappa shape index (κ1) is 19.2. The molecule has 2 amide bonds. The van der Waals surface area contributed by atoms with Crippen molar-refractivity contribution in [3.63, 3.8) is 0 Å². The number of aryl methyl sites for hydroxylation is 1. The third kappa shape index (κ3) is 3.63. The second-order valence-electron chi connectivity index (χ2n) is 6.06. The van der Waals surface area contributed by atoms with Gasteiger partial charge in [-0.2, -0.15) is 0 Å². The summed E-state index contributed by atoms with van der Waals surface area (Å²) in [6, 6.07) is 7.99. The Morgan fingerprint density at radius 3 is 2.71 bits per heavy atom. The normalized spacial score (nSPS) is 15.7. The van der Waals surface area contributed by atoms with Gasteiger partial charge in [-0.25, -0.2) is 4.79 Å². The molecule has 0 atom stereocenters. The lowest BCUT2D eigenvalue weighted by molar-refractivity contribution is -0.128. The number of carbonyl (C=O) groups excluding carboxylic acids is 2. The van der Waals surface area contributed by atoms with Crippen molar-refractivity contribution in [2.45, 2.75) is 6.92 Å². The third-order valence-corrected chi connectivity index (χ3v) is 4.47. The Morgan fingerprint density at radius 2 is 2.07 bits per heavy atom. The van der Waals surface area contributed by atoms with E-state index in [2.05, 4.69) is 11.9 Å². The van der Waals surface area contributed by atoms with Gasteiger partial charge in [0.2, 0.25) is 0 Å². The van der Waals surface area contributed by atoms with Crippen LogP contribution >= 0.6 is 12.2 Å². The molecule has 1 aromatic carbocycles. The van der Waals surface area contributed by atoms with Gasteiger partial charge in [0.1, 0.15) is 17.1 Å². The third-order valence-electron chi connectivity index (χ3n) is 4.15. The van der Waals surface area contributed by atoms with Gasteiger partial charge in [0.05, 0.1) is 5.56 Å². The number of hydrogen-bond acceptors (Lipinski definition) is 5. The summed E-state index contributed by atoms with van der Waals surface area (Å²) in [6.45, 7) is 5.52. The van der Waals surface area contributed by atoms with Crippen LogP contribution < -0.4 is 5.32 Å². The van der Waals surface area contributed by atoms with Crippen LogP contribution in [0, 0.1) is 6.92 Å². The van der Waals surface area contributed by atoms with Gasteiger partial charge < -0.3 is 9.52 Å². The van der Waals surface area contributed by atoms with Gasteiger partial charge in [-0.1, -0.05) is 12.1 Å². The number of rotatable bonds is 5. The van der Waals surface area contributed by atoms with Gasteiger partial charge in [-0.15, -0.1) is 6.58 Å². The first-order valence-corrected chi connectivity index (χ1v) is 8.66. The van der Waals surface area contributed by atoms with Crippen molar-refractivity contribution in [2.75, 3.05) is 6.54 Å². The molecule has 2 aromatic rings. The highest BCUT2D eigenvalue weighted by atomic mass is 32.1. The fraction of sp³-hybridized carbons (Fsp3) is 0.100. The minimum atomic E-state index is -1.01. The molecule has 1 aliphatic rings. The Hall–Kier alpha value is -3.52. The predicted molar refractivity (Wildman–Crippen MR) is 106 cm³/mol. The maximum atomic E-state index is 12.5. The Balaban J connectivity index is 1.92. The van der Waals surface area contributed by atoms with Crippen molar-refractivity contribution in [1.29, 1.82) is 0 Å². The standard InChI is InChI=1S/C20H16N2O5S/c1-3-8-22-18(24)15(17(23)21-20(22)28)10-13-5-7-16(27-13)14-6-4-12(19(25)26)9-11(14)2/h3-7,9-10H,1,8H2,2H3,(H,25,26)(H,21,23,28)/b15-10-. The first-order chi connectivity index (χ1) is 13.3. The van der Waals surface area contributed by atoms with E-state index < -0.39 is 17.8 Å². The highest BCUT2D eigenvalue weighted by molar-refractivity contribution is 7.80. The molecule has 0 unspecified atom stereocenters. The van der Waals surface area contributed by atoms with Gasteiger partial charge in [0.25, 0.3) is 11.8 Å². The Morgan fingerprint density at radius 1 is 1.32 bits per heavy atom. The molecule has 7 nitrogen and oxygen atoms in total. The molecule has 2 N–H and O–H groups in total. The number of carboxylic acid groups (broad SMARTS) is 1. The van der Waals surface area contributed by atoms with Crippen molar-refractivity contribution in [3.05, 3.63) is 65.4 Å². The predicted octanol–water partition coefficient (Wildman–Crippen LogP) is 2.77. The van der Waals surface area contributed by atoms with Crippen LogP contribution in [0.1, 0.15) is 21.7 Å². The van der Waals surface area contributed by atoms with E-state index in [1.807, 2.05) is 0 Å². The topological polar surface area (TPSA) is 99.8 Å². The highest BCUT2D eigenvalue weighted by Gasteiger charge is 2.32. The average Bonchev–Trinajstić information content (AvgIpc) is 3.10. The largest absolute Gasteiger partial charge is 0.478 e. The molecule has 0 spiro atoms. The minimum Gasteiger partial charge on any atom is -0.478 e. The minimum absolute atomic E-state index is 0.0290. The van der Waals surface area contributed by atoms with Crippen LogP contribution in [-0.2, 0) is 9.59 Å². The van der Waals surface area contributed by atoms with Crippen LogP contribution in [0.25, 0.3) is 17.4 Å². The van der Waals surface area contributed by atoms with E-state index in [1.165, 1.54) is 23.1 Å². The van der Waals surface area contributed by atoms with Gasteiger partial charge in [0, 0.05) is 12.1 Å². The molecule has 0 bridgehead atoms. The van der Waals surface area contributed by atoms with Gasteiger partial charge in [-0.05, 0) is 55.0 Å². The number of furan rings is 1. The van der Waals surface area contributed by atoms with E-state index in [-0.39, 0.29) is 22.8 Å². The van der Waals surface area contributed by atoms with Gasteiger partial charge in [0.15, 0.2) is 5.11 Å². The average molecular weight is 396 g/mol. The summed E-state index contributed by atoms with van der Waals surface area (Å²) in [7, 11) is 0. The van der Waals surface area contributed by atoms with Crippen LogP contribution in [0.15, 0.2) is 53.0 Å². The Bertz CT molecular complexity index is 1050. The maximum Gasteiger partial charge on any atom is 0.335 e. The summed E-state index contributed by atoms with van der Waals surface area (Å²) in [6.07, 6.45) is 2.85. The molecule has 28 heavy (non-hydrogen) atoms. The molecule has 1 aliphatic heterocycles. The molecule has 142 valence electrons. The number of carbonyl (C=O) groups is 3. The molecule has 3 rings (SSSR count). The summed E-state index contributed by atoms with van der Waals surface area (Å²) in [5.41, 5.74) is 1.51. The molecule has 0 radical (unpaired) electrons. The molecule has 8 heteroatoms. The molecule has 1 saturated heterocycles. The van der Waals surface area contributed by atoms with Crippen LogP contribution in [0.2, 0.25) is 0 Å². The van der Waals surface area contributed by atoms with Crippen LogP contribution in [0.3, 0.4) is 0 Å². The molecule has 1 aromatic heterocycles. The summed E-state index contributed by atoms with van der Waals surface area (Å²) in [4.78, 5) is 37.0. The number of hydrogen-bond donors (Lipinski definition) is 2. The number of thiocarbonyl (C=S) groups is 1. The number of carboxylic acids is 1. The first-order valence-electron chi connectivity index (χ1n) is 8.25. The fourth-order valence-electron chi connectivity index (χ4n) is 2.78. The number of amides is 2. The molecular weight excluding hydrogens is 380 g/mol. The molecule has 1 fully saturated rings. The lowest BCUT2D eigenvalue weighted by Gasteiger charge is -2.27. The monoisotopic (exact) mass is 396 g/mol. The van der Waals surface area contributed by atoms with Gasteiger partial charge >= 0.3 is 5.97 Å². The van der Waals surface area contributed by atoms with Crippen molar-refractivity contribution >= 4 is 41.2 Å².